The monoisotopic (exact) mass is 259 g/mol. The van der Waals surface area contributed by atoms with Crippen LogP contribution in [0, 0.1) is 12.7 Å². The Morgan fingerprint density at radius 2 is 2.37 bits per heavy atom. The molecular formula is C15H18FN3. The highest BCUT2D eigenvalue weighted by Crippen LogP contribution is 2.32. The molecule has 1 aliphatic carbocycles. The Morgan fingerprint density at radius 1 is 1.47 bits per heavy atom. The molecule has 0 saturated heterocycles. The summed E-state index contributed by atoms with van der Waals surface area (Å²) in [6.45, 7) is 3.65. The number of aromatic nitrogens is 2. The van der Waals surface area contributed by atoms with Gasteiger partial charge in [0, 0.05) is 24.3 Å². The van der Waals surface area contributed by atoms with Gasteiger partial charge in [-0.05, 0) is 37.0 Å². The van der Waals surface area contributed by atoms with Gasteiger partial charge in [0.05, 0.1) is 12.7 Å². The minimum atomic E-state index is -0.0811. The van der Waals surface area contributed by atoms with Crippen molar-refractivity contribution in [2.24, 2.45) is 0 Å². The third kappa shape index (κ3) is 2.54. The molecule has 2 aromatic rings. The number of hydrogen-bond acceptors (Lipinski definition) is 2. The van der Waals surface area contributed by atoms with Crippen LogP contribution in [0.3, 0.4) is 0 Å². The molecule has 0 radical (unpaired) electrons. The Morgan fingerprint density at radius 3 is 3.16 bits per heavy atom. The summed E-state index contributed by atoms with van der Waals surface area (Å²) in [5.41, 5.74) is 3.17. The molecule has 0 fully saturated rings. The summed E-state index contributed by atoms with van der Waals surface area (Å²) in [4.78, 5) is 0. The maximum Gasteiger partial charge on any atom is 0.128 e. The van der Waals surface area contributed by atoms with Crippen LogP contribution in [-0.4, -0.2) is 16.3 Å². The fourth-order valence-electron chi connectivity index (χ4n) is 2.78. The zero-order chi connectivity index (χ0) is 13.2. The number of halogens is 1. The summed E-state index contributed by atoms with van der Waals surface area (Å²) < 4.78 is 15.8. The second-order valence-electron chi connectivity index (χ2n) is 5.14. The molecule has 1 aliphatic rings. The lowest BCUT2D eigenvalue weighted by molar-refractivity contribution is 0.470. The first kappa shape index (κ1) is 12.4. The average Bonchev–Trinajstić information content (AvgIpc) is 2.98. The Balaban J connectivity index is 1.61. The molecule has 0 spiro atoms. The maximum atomic E-state index is 13.8. The van der Waals surface area contributed by atoms with Gasteiger partial charge in [-0.1, -0.05) is 12.1 Å². The van der Waals surface area contributed by atoms with Gasteiger partial charge in [-0.25, -0.2) is 4.39 Å². The quantitative estimate of drug-likeness (QED) is 0.914. The van der Waals surface area contributed by atoms with Crippen molar-refractivity contribution >= 4 is 0 Å². The van der Waals surface area contributed by atoms with E-state index in [1.807, 2.05) is 30.1 Å². The van der Waals surface area contributed by atoms with Gasteiger partial charge in [-0.2, -0.15) is 5.10 Å². The molecule has 1 unspecified atom stereocenters. The van der Waals surface area contributed by atoms with E-state index in [9.17, 15) is 4.39 Å². The van der Waals surface area contributed by atoms with Crippen LogP contribution >= 0.6 is 0 Å². The maximum absolute atomic E-state index is 13.8. The van der Waals surface area contributed by atoms with Gasteiger partial charge >= 0.3 is 0 Å². The van der Waals surface area contributed by atoms with E-state index in [0.29, 0.717) is 0 Å². The largest absolute Gasteiger partial charge is 0.308 e. The van der Waals surface area contributed by atoms with Crippen LogP contribution in [-0.2, 0) is 13.0 Å². The molecule has 1 atom stereocenters. The number of nitrogens with zero attached hydrogens (tertiary/aromatic N) is 2. The molecule has 19 heavy (non-hydrogen) atoms. The van der Waals surface area contributed by atoms with E-state index >= 15 is 0 Å². The van der Waals surface area contributed by atoms with E-state index in [4.69, 9.17) is 0 Å². The molecule has 100 valence electrons. The molecule has 4 heteroatoms. The summed E-state index contributed by atoms with van der Waals surface area (Å²) >= 11 is 0. The zero-order valence-corrected chi connectivity index (χ0v) is 11.1. The molecule has 1 aromatic carbocycles. The number of fused-ring (bicyclic) bond motifs is 1. The van der Waals surface area contributed by atoms with E-state index in [0.717, 1.165) is 42.6 Å². The van der Waals surface area contributed by atoms with Crippen molar-refractivity contribution < 1.29 is 4.39 Å². The standard InChI is InChI=1S/C15H18FN3/c1-11-9-18-19(10-11)8-7-17-14-6-5-12-3-2-4-13(16)15(12)14/h2-4,9-10,14,17H,5-8H2,1H3. The minimum absolute atomic E-state index is 0.0811. The second kappa shape index (κ2) is 5.13. The molecule has 0 amide bonds. The highest BCUT2D eigenvalue weighted by Gasteiger charge is 2.24. The van der Waals surface area contributed by atoms with Crippen molar-refractivity contribution in [2.75, 3.05) is 6.54 Å². The lowest BCUT2D eigenvalue weighted by Crippen LogP contribution is -2.24. The molecule has 3 nitrogen and oxygen atoms in total. The van der Waals surface area contributed by atoms with Gasteiger partial charge in [-0.3, -0.25) is 4.68 Å². The molecule has 1 aromatic heterocycles. The summed E-state index contributed by atoms with van der Waals surface area (Å²) in [7, 11) is 0. The van der Waals surface area contributed by atoms with Crippen LogP contribution in [0.1, 0.15) is 29.2 Å². The first-order valence-electron chi connectivity index (χ1n) is 6.74. The first-order valence-corrected chi connectivity index (χ1v) is 6.74. The minimum Gasteiger partial charge on any atom is -0.308 e. The predicted molar refractivity (Wildman–Crippen MR) is 72.4 cm³/mol. The van der Waals surface area contributed by atoms with Crippen molar-refractivity contribution in [1.29, 1.82) is 0 Å². The smallest absolute Gasteiger partial charge is 0.128 e. The molecule has 0 aliphatic heterocycles. The van der Waals surface area contributed by atoms with Crippen LogP contribution < -0.4 is 5.32 Å². The summed E-state index contributed by atoms with van der Waals surface area (Å²) in [5.74, 6) is -0.0811. The van der Waals surface area contributed by atoms with Crippen molar-refractivity contribution in [1.82, 2.24) is 15.1 Å². The van der Waals surface area contributed by atoms with Gasteiger partial charge in [0.25, 0.3) is 0 Å². The third-order valence-corrected chi connectivity index (χ3v) is 3.69. The number of aryl methyl sites for hydroxylation is 2. The Hall–Kier alpha value is -1.68. The van der Waals surface area contributed by atoms with E-state index < -0.39 is 0 Å². The SMILES string of the molecule is Cc1cnn(CCNC2CCc3cccc(F)c32)c1. The second-order valence-corrected chi connectivity index (χ2v) is 5.14. The highest BCUT2D eigenvalue weighted by atomic mass is 19.1. The van der Waals surface area contributed by atoms with Crippen LogP contribution in [0.2, 0.25) is 0 Å². The van der Waals surface area contributed by atoms with Gasteiger partial charge in [0.2, 0.25) is 0 Å². The number of benzene rings is 1. The van der Waals surface area contributed by atoms with Crippen LogP contribution in [0.15, 0.2) is 30.6 Å². The van der Waals surface area contributed by atoms with Crippen LogP contribution in [0.25, 0.3) is 0 Å². The Labute approximate surface area is 112 Å². The number of rotatable bonds is 4. The fraction of sp³-hybridized carbons (Fsp3) is 0.400. The van der Waals surface area contributed by atoms with E-state index in [-0.39, 0.29) is 11.9 Å². The van der Waals surface area contributed by atoms with Crippen molar-refractivity contribution in [3.05, 3.63) is 53.1 Å². The molecule has 3 rings (SSSR count). The predicted octanol–water partition coefficient (Wildman–Crippen LogP) is 2.61. The number of nitrogens with one attached hydrogen (secondary N) is 1. The summed E-state index contributed by atoms with van der Waals surface area (Å²) in [6, 6.07) is 5.52. The van der Waals surface area contributed by atoms with E-state index in [2.05, 4.69) is 10.4 Å². The summed E-state index contributed by atoms with van der Waals surface area (Å²) in [6.07, 6.45) is 5.81. The molecule has 0 saturated carbocycles. The molecule has 0 bridgehead atoms. The van der Waals surface area contributed by atoms with Crippen molar-refractivity contribution in [2.45, 2.75) is 32.4 Å². The van der Waals surface area contributed by atoms with Gasteiger partial charge < -0.3 is 5.32 Å². The van der Waals surface area contributed by atoms with Gasteiger partial charge in [0.1, 0.15) is 5.82 Å². The van der Waals surface area contributed by atoms with E-state index in [1.165, 1.54) is 0 Å². The Kier molecular flexibility index (Phi) is 3.34. The molecular weight excluding hydrogens is 241 g/mol. The lowest BCUT2D eigenvalue weighted by Gasteiger charge is -2.14. The normalized spacial score (nSPS) is 17.7. The topological polar surface area (TPSA) is 29.9 Å². The van der Waals surface area contributed by atoms with Gasteiger partial charge in [-0.15, -0.1) is 0 Å². The third-order valence-electron chi connectivity index (χ3n) is 3.69. The van der Waals surface area contributed by atoms with Gasteiger partial charge in [0.15, 0.2) is 0 Å². The van der Waals surface area contributed by atoms with Crippen molar-refractivity contribution in [3.63, 3.8) is 0 Å². The highest BCUT2D eigenvalue weighted by molar-refractivity contribution is 5.35. The zero-order valence-electron chi connectivity index (χ0n) is 11.1. The first-order chi connectivity index (χ1) is 9.24. The van der Waals surface area contributed by atoms with Crippen LogP contribution in [0.5, 0.6) is 0 Å². The summed E-state index contributed by atoms with van der Waals surface area (Å²) in [5, 5.41) is 7.68. The molecule has 1 heterocycles. The fourth-order valence-corrected chi connectivity index (χ4v) is 2.78. The number of hydrogen-bond donors (Lipinski definition) is 1. The van der Waals surface area contributed by atoms with Crippen molar-refractivity contribution in [3.8, 4) is 0 Å². The average molecular weight is 259 g/mol. The van der Waals surface area contributed by atoms with E-state index in [1.54, 1.807) is 12.1 Å². The lowest BCUT2D eigenvalue weighted by atomic mass is 10.1. The van der Waals surface area contributed by atoms with Crippen LogP contribution in [0.4, 0.5) is 4.39 Å². The Bertz CT molecular complexity index is 577. The molecule has 1 N–H and O–H groups in total.